The van der Waals surface area contributed by atoms with E-state index >= 15 is 0 Å². The molecule has 0 fully saturated rings. The molecule has 1 nitrogen and oxygen atoms in total. The molecule has 2 heteroatoms. The molecule has 0 aliphatic carbocycles. The highest BCUT2D eigenvalue weighted by molar-refractivity contribution is 6.33. The van der Waals surface area contributed by atoms with E-state index in [2.05, 4.69) is 19.9 Å². The maximum atomic E-state index is 6.25. The lowest BCUT2D eigenvalue weighted by molar-refractivity contribution is 1.34. The molecule has 0 aromatic heterocycles. The molecule has 82 valence electrons. The number of halogens is 1. The molecule has 16 heavy (non-hydrogen) atoms. The summed E-state index contributed by atoms with van der Waals surface area (Å²) < 4.78 is 0. The molecule has 0 amide bonds. The van der Waals surface area contributed by atoms with Crippen molar-refractivity contribution < 1.29 is 0 Å². The van der Waals surface area contributed by atoms with E-state index in [4.69, 9.17) is 17.3 Å². The number of aryl methyl sites for hydroxylation is 2. The van der Waals surface area contributed by atoms with Gasteiger partial charge in [0.25, 0.3) is 0 Å². The molecule has 0 saturated heterocycles. The van der Waals surface area contributed by atoms with Crippen molar-refractivity contribution in [3.63, 3.8) is 0 Å². The van der Waals surface area contributed by atoms with Gasteiger partial charge in [-0.25, -0.2) is 0 Å². The van der Waals surface area contributed by atoms with Crippen molar-refractivity contribution in [2.75, 3.05) is 5.73 Å². The van der Waals surface area contributed by atoms with Crippen molar-refractivity contribution >= 4 is 17.3 Å². The van der Waals surface area contributed by atoms with Crippen LogP contribution < -0.4 is 5.73 Å². The summed E-state index contributed by atoms with van der Waals surface area (Å²) in [5.41, 5.74) is 11.1. The van der Waals surface area contributed by atoms with E-state index in [1.165, 1.54) is 11.1 Å². The number of benzene rings is 2. The Morgan fingerprint density at radius 2 is 1.56 bits per heavy atom. The average Bonchev–Trinajstić information content (AvgIpc) is 2.25. The highest BCUT2D eigenvalue weighted by Gasteiger charge is 2.08. The zero-order valence-corrected chi connectivity index (χ0v) is 10.2. The van der Waals surface area contributed by atoms with Gasteiger partial charge in [-0.2, -0.15) is 0 Å². The van der Waals surface area contributed by atoms with Gasteiger partial charge in [0.15, 0.2) is 0 Å². The summed E-state index contributed by atoms with van der Waals surface area (Å²) >= 11 is 6.25. The van der Waals surface area contributed by atoms with Crippen molar-refractivity contribution in [2.24, 2.45) is 0 Å². The molecule has 2 aromatic rings. The molecule has 0 atom stereocenters. The number of rotatable bonds is 1. The van der Waals surface area contributed by atoms with Crippen LogP contribution in [0.4, 0.5) is 5.69 Å². The van der Waals surface area contributed by atoms with Crippen molar-refractivity contribution in [2.45, 2.75) is 13.8 Å². The van der Waals surface area contributed by atoms with E-state index in [-0.39, 0.29) is 0 Å². The lowest BCUT2D eigenvalue weighted by Crippen LogP contribution is -1.91. The highest BCUT2D eigenvalue weighted by Crippen LogP contribution is 2.33. The van der Waals surface area contributed by atoms with Crippen molar-refractivity contribution in [1.82, 2.24) is 0 Å². The maximum Gasteiger partial charge on any atom is 0.0487 e. The second-order valence-electron chi connectivity index (χ2n) is 4.00. The summed E-state index contributed by atoms with van der Waals surface area (Å²) in [6.45, 7) is 4.13. The van der Waals surface area contributed by atoms with Crippen LogP contribution in [0.2, 0.25) is 5.02 Å². The van der Waals surface area contributed by atoms with Crippen LogP contribution in [0.1, 0.15) is 11.1 Å². The highest BCUT2D eigenvalue weighted by atomic mass is 35.5. The van der Waals surface area contributed by atoms with Crippen LogP contribution in [0.25, 0.3) is 11.1 Å². The summed E-state index contributed by atoms with van der Waals surface area (Å²) in [5.74, 6) is 0. The molecule has 2 rings (SSSR count). The van der Waals surface area contributed by atoms with E-state index < -0.39 is 0 Å². The van der Waals surface area contributed by atoms with Gasteiger partial charge in [0.2, 0.25) is 0 Å². The van der Waals surface area contributed by atoms with Gasteiger partial charge in [0, 0.05) is 21.8 Å². The molecule has 0 aliphatic rings. The first-order chi connectivity index (χ1) is 7.59. The largest absolute Gasteiger partial charge is 0.398 e. The first-order valence-corrected chi connectivity index (χ1v) is 5.59. The first-order valence-electron chi connectivity index (χ1n) is 5.21. The van der Waals surface area contributed by atoms with Gasteiger partial charge in [-0.3, -0.25) is 0 Å². The maximum absolute atomic E-state index is 6.25. The standard InChI is InChI=1S/C14H14ClN/c1-9-7-12(13(15)8-10(9)2)11-5-3-4-6-14(11)16/h3-8H,16H2,1-2H3. The van der Waals surface area contributed by atoms with Gasteiger partial charge in [-0.15, -0.1) is 0 Å². The van der Waals surface area contributed by atoms with E-state index in [0.29, 0.717) is 0 Å². The summed E-state index contributed by atoms with van der Waals surface area (Å²) in [4.78, 5) is 0. The van der Waals surface area contributed by atoms with Crippen LogP contribution in [0.5, 0.6) is 0 Å². The zero-order chi connectivity index (χ0) is 11.7. The lowest BCUT2D eigenvalue weighted by Gasteiger charge is -2.10. The van der Waals surface area contributed by atoms with E-state index in [1.54, 1.807) is 0 Å². The van der Waals surface area contributed by atoms with Crippen LogP contribution in [0.3, 0.4) is 0 Å². The number of hydrogen-bond donors (Lipinski definition) is 1. The van der Waals surface area contributed by atoms with Gasteiger partial charge >= 0.3 is 0 Å². The van der Waals surface area contributed by atoms with Crippen LogP contribution >= 0.6 is 11.6 Å². The molecular weight excluding hydrogens is 218 g/mol. The normalized spacial score (nSPS) is 10.4. The Morgan fingerprint density at radius 1 is 0.938 bits per heavy atom. The van der Waals surface area contributed by atoms with Crippen molar-refractivity contribution in [3.05, 3.63) is 52.5 Å². The predicted octanol–water partition coefficient (Wildman–Crippen LogP) is 4.21. The van der Waals surface area contributed by atoms with Crippen LogP contribution in [0.15, 0.2) is 36.4 Å². The number of nitrogens with two attached hydrogens (primary N) is 1. The van der Waals surface area contributed by atoms with Gasteiger partial charge in [0.05, 0.1) is 0 Å². The average molecular weight is 232 g/mol. The van der Waals surface area contributed by atoms with Crippen LogP contribution in [0, 0.1) is 13.8 Å². The predicted molar refractivity (Wildman–Crippen MR) is 70.8 cm³/mol. The molecule has 2 N–H and O–H groups in total. The van der Waals surface area contributed by atoms with Gasteiger partial charge in [-0.05, 0) is 43.2 Å². The lowest BCUT2D eigenvalue weighted by atomic mass is 9.99. The topological polar surface area (TPSA) is 26.0 Å². The molecule has 0 spiro atoms. The Bertz CT molecular complexity index is 532. The van der Waals surface area contributed by atoms with E-state index in [9.17, 15) is 0 Å². The molecule has 0 bridgehead atoms. The monoisotopic (exact) mass is 231 g/mol. The molecule has 0 heterocycles. The molecule has 0 aliphatic heterocycles. The minimum Gasteiger partial charge on any atom is -0.398 e. The number of anilines is 1. The minimum atomic E-state index is 0.751. The number of nitrogen functional groups attached to an aromatic ring is 1. The fourth-order valence-corrected chi connectivity index (χ4v) is 2.05. The van der Waals surface area contributed by atoms with Gasteiger partial charge in [-0.1, -0.05) is 29.8 Å². The quantitative estimate of drug-likeness (QED) is 0.732. The third-order valence-electron chi connectivity index (χ3n) is 2.83. The van der Waals surface area contributed by atoms with Crippen LogP contribution in [-0.4, -0.2) is 0 Å². The fourth-order valence-electron chi connectivity index (χ4n) is 1.73. The molecule has 0 unspecified atom stereocenters. The SMILES string of the molecule is Cc1cc(Cl)c(-c2ccccc2N)cc1C. The minimum absolute atomic E-state index is 0.751. The molecule has 0 radical (unpaired) electrons. The van der Waals surface area contributed by atoms with E-state index in [0.717, 1.165) is 21.8 Å². The molecule has 2 aromatic carbocycles. The molecular formula is C14H14ClN. The smallest absolute Gasteiger partial charge is 0.0487 e. The van der Waals surface area contributed by atoms with Gasteiger partial charge in [0.1, 0.15) is 0 Å². The Labute approximate surface area is 101 Å². The van der Waals surface area contributed by atoms with Gasteiger partial charge < -0.3 is 5.73 Å². The summed E-state index contributed by atoms with van der Waals surface area (Å²) in [7, 11) is 0. The Kier molecular flexibility index (Phi) is 2.88. The Hall–Kier alpha value is -1.47. The fraction of sp³-hybridized carbons (Fsp3) is 0.143. The Balaban J connectivity index is 2.65. The summed E-state index contributed by atoms with van der Waals surface area (Å²) in [6, 6.07) is 11.8. The van der Waals surface area contributed by atoms with Crippen LogP contribution in [-0.2, 0) is 0 Å². The third kappa shape index (κ3) is 1.91. The Morgan fingerprint density at radius 3 is 2.25 bits per heavy atom. The van der Waals surface area contributed by atoms with Crippen molar-refractivity contribution in [3.8, 4) is 11.1 Å². The second-order valence-corrected chi connectivity index (χ2v) is 4.41. The number of para-hydroxylation sites is 1. The zero-order valence-electron chi connectivity index (χ0n) is 9.42. The van der Waals surface area contributed by atoms with E-state index in [1.807, 2.05) is 30.3 Å². The number of hydrogen-bond acceptors (Lipinski definition) is 1. The molecule has 0 saturated carbocycles. The first kappa shape index (κ1) is 11.0. The summed E-state index contributed by atoms with van der Waals surface area (Å²) in [5, 5.41) is 0.751. The third-order valence-corrected chi connectivity index (χ3v) is 3.15. The van der Waals surface area contributed by atoms with Crippen molar-refractivity contribution in [1.29, 1.82) is 0 Å². The summed E-state index contributed by atoms with van der Waals surface area (Å²) in [6.07, 6.45) is 0. The second kappa shape index (κ2) is 4.18.